The predicted molar refractivity (Wildman–Crippen MR) is 90.8 cm³/mol. The Morgan fingerprint density at radius 1 is 0.958 bits per heavy atom. The minimum atomic E-state index is -4.34. The van der Waals surface area contributed by atoms with Gasteiger partial charge in [0.2, 0.25) is 0 Å². The number of aromatic nitrogens is 1. The van der Waals surface area contributed by atoms with E-state index in [1.807, 2.05) is 36.4 Å². The first kappa shape index (κ1) is 16.5. The predicted octanol–water partition coefficient (Wildman–Crippen LogP) is 6.26. The van der Waals surface area contributed by atoms with Crippen molar-refractivity contribution in [3.05, 3.63) is 65.7 Å². The van der Waals surface area contributed by atoms with Crippen LogP contribution in [0, 0.1) is 0 Å². The molecular formula is C20H18F3N. The Morgan fingerprint density at radius 3 is 2.38 bits per heavy atom. The van der Waals surface area contributed by atoms with Crippen LogP contribution in [0.2, 0.25) is 0 Å². The van der Waals surface area contributed by atoms with Crippen molar-refractivity contribution < 1.29 is 13.2 Å². The molecule has 0 N–H and O–H groups in total. The largest absolute Gasteiger partial charge is 0.416 e. The summed E-state index contributed by atoms with van der Waals surface area (Å²) in [4.78, 5) is 4.57. The molecule has 0 saturated heterocycles. The van der Waals surface area contributed by atoms with Gasteiger partial charge in [-0.05, 0) is 42.7 Å². The van der Waals surface area contributed by atoms with Gasteiger partial charge in [0.25, 0.3) is 0 Å². The van der Waals surface area contributed by atoms with Crippen molar-refractivity contribution >= 4 is 10.9 Å². The lowest BCUT2D eigenvalue weighted by atomic mass is 9.98. The second kappa shape index (κ2) is 6.63. The quantitative estimate of drug-likeness (QED) is 0.550. The number of aryl methyl sites for hydroxylation is 1. The van der Waals surface area contributed by atoms with Crippen LogP contribution in [-0.4, -0.2) is 4.98 Å². The monoisotopic (exact) mass is 329 g/mol. The topological polar surface area (TPSA) is 12.9 Å². The summed E-state index contributed by atoms with van der Waals surface area (Å²) in [5, 5.41) is 0.595. The van der Waals surface area contributed by atoms with Crippen molar-refractivity contribution in [2.45, 2.75) is 32.4 Å². The van der Waals surface area contributed by atoms with Gasteiger partial charge in [0.1, 0.15) is 0 Å². The lowest BCUT2D eigenvalue weighted by molar-refractivity contribution is -0.137. The van der Waals surface area contributed by atoms with Crippen LogP contribution in [-0.2, 0) is 12.6 Å². The molecule has 0 fully saturated rings. The zero-order valence-corrected chi connectivity index (χ0v) is 13.4. The van der Waals surface area contributed by atoms with Crippen LogP contribution in [0.15, 0.2) is 54.6 Å². The van der Waals surface area contributed by atoms with Gasteiger partial charge in [0, 0.05) is 10.9 Å². The van der Waals surface area contributed by atoms with Crippen molar-refractivity contribution in [3.63, 3.8) is 0 Å². The molecule has 0 spiro atoms. The normalized spacial score (nSPS) is 11.8. The fraction of sp³-hybridized carbons (Fsp3) is 0.250. The van der Waals surface area contributed by atoms with Gasteiger partial charge in [0.15, 0.2) is 0 Å². The van der Waals surface area contributed by atoms with E-state index in [2.05, 4.69) is 11.9 Å². The van der Waals surface area contributed by atoms with Crippen LogP contribution in [0.25, 0.3) is 22.2 Å². The van der Waals surface area contributed by atoms with E-state index in [4.69, 9.17) is 0 Å². The molecular weight excluding hydrogens is 311 g/mol. The number of rotatable bonds is 4. The Bertz CT molecular complexity index is 839. The molecule has 124 valence electrons. The summed E-state index contributed by atoms with van der Waals surface area (Å²) in [5.74, 6) is 0. The maximum absolute atomic E-state index is 13.0. The van der Waals surface area contributed by atoms with Gasteiger partial charge in [-0.1, -0.05) is 43.7 Å². The average Bonchev–Trinajstić information content (AvgIpc) is 2.59. The molecule has 1 aromatic heterocycles. The van der Waals surface area contributed by atoms with E-state index in [1.165, 1.54) is 12.1 Å². The van der Waals surface area contributed by atoms with E-state index in [9.17, 15) is 13.2 Å². The molecule has 1 nitrogen and oxygen atoms in total. The Morgan fingerprint density at radius 2 is 1.71 bits per heavy atom. The van der Waals surface area contributed by atoms with Crippen molar-refractivity contribution in [1.29, 1.82) is 0 Å². The molecule has 0 amide bonds. The Hall–Kier alpha value is -2.36. The van der Waals surface area contributed by atoms with E-state index in [0.29, 0.717) is 10.9 Å². The van der Waals surface area contributed by atoms with Crippen molar-refractivity contribution in [2.24, 2.45) is 0 Å². The molecule has 4 heteroatoms. The first-order chi connectivity index (χ1) is 11.5. The summed E-state index contributed by atoms with van der Waals surface area (Å²) in [6, 6.07) is 15.4. The highest BCUT2D eigenvalue weighted by molar-refractivity contribution is 5.86. The summed E-state index contributed by atoms with van der Waals surface area (Å²) in [6.07, 6.45) is -1.67. The molecule has 1 heterocycles. The van der Waals surface area contributed by atoms with Gasteiger partial charge in [-0.2, -0.15) is 13.2 Å². The summed E-state index contributed by atoms with van der Waals surface area (Å²) >= 11 is 0. The van der Waals surface area contributed by atoms with E-state index < -0.39 is 11.7 Å². The Balaban J connectivity index is 2.18. The molecule has 0 aliphatic heterocycles. The molecule has 0 radical (unpaired) electrons. The van der Waals surface area contributed by atoms with Crippen LogP contribution in [0.4, 0.5) is 13.2 Å². The highest BCUT2D eigenvalue weighted by Crippen LogP contribution is 2.33. The minimum absolute atomic E-state index is 0.595. The van der Waals surface area contributed by atoms with Crippen molar-refractivity contribution in [1.82, 2.24) is 4.98 Å². The van der Waals surface area contributed by atoms with Crippen molar-refractivity contribution in [2.75, 3.05) is 0 Å². The first-order valence-corrected chi connectivity index (χ1v) is 8.05. The van der Waals surface area contributed by atoms with E-state index >= 15 is 0 Å². The van der Waals surface area contributed by atoms with Crippen LogP contribution in [0.3, 0.4) is 0 Å². The summed E-state index contributed by atoms with van der Waals surface area (Å²) in [6.45, 7) is 2.07. The molecule has 0 unspecified atom stereocenters. The molecule has 2 aromatic carbocycles. The Labute approximate surface area is 139 Å². The SMILES string of the molecule is CCCCc1cc(-c2ccccc2)nc2ccc(C(F)(F)F)cc12. The van der Waals surface area contributed by atoms with E-state index in [0.717, 1.165) is 42.1 Å². The summed E-state index contributed by atoms with van der Waals surface area (Å²) in [5.41, 5.74) is 2.68. The zero-order chi connectivity index (χ0) is 17.2. The zero-order valence-electron chi connectivity index (χ0n) is 13.4. The smallest absolute Gasteiger partial charge is 0.248 e. The van der Waals surface area contributed by atoms with Gasteiger partial charge in [-0.25, -0.2) is 4.98 Å². The maximum atomic E-state index is 13.0. The van der Waals surface area contributed by atoms with Gasteiger partial charge in [-0.15, -0.1) is 0 Å². The van der Waals surface area contributed by atoms with E-state index in [1.54, 1.807) is 0 Å². The lowest BCUT2D eigenvalue weighted by Crippen LogP contribution is -2.05. The maximum Gasteiger partial charge on any atom is 0.416 e. The van der Waals surface area contributed by atoms with Crippen LogP contribution < -0.4 is 0 Å². The van der Waals surface area contributed by atoms with Gasteiger partial charge in [0.05, 0.1) is 16.8 Å². The third-order valence-electron chi connectivity index (χ3n) is 4.09. The van der Waals surface area contributed by atoms with Crippen LogP contribution in [0.5, 0.6) is 0 Å². The van der Waals surface area contributed by atoms with Crippen LogP contribution in [0.1, 0.15) is 30.9 Å². The van der Waals surface area contributed by atoms with Gasteiger partial charge >= 0.3 is 6.18 Å². The number of halogens is 3. The first-order valence-electron chi connectivity index (χ1n) is 8.05. The number of fused-ring (bicyclic) bond motifs is 1. The number of pyridine rings is 1. The standard InChI is InChI=1S/C20H18F3N/c1-2-3-7-15-12-19(14-8-5-4-6-9-14)24-18-11-10-16(13-17(15)18)20(21,22)23/h4-6,8-13H,2-3,7H2,1H3. The highest BCUT2D eigenvalue weighted by Gasteiger charge is 2.30. The number of unbranched alkanes of at least 4 members (excludes halogenated alkanes) is 1. The molecule has 0 saturated carbocycles. The summed E-state index contributed by atoms with van der Waals surface area (Å²) in [7, 11) is 0. The molecule has 0 aliphatic carbocycles. The second-order valence-electron chi connectivity index (χ2n) is 5.87. The number of hydrogen-bond donors (Lipinski definition) is 0. The summed E-state index contributed by atoms with van der Waals surface area (Å²) < 4.78 is 39.1. The number of hydrogen-bond acceptors (Lipinski definition) is 1. The average molecular weight is 329 g/mol. The fourth-order valence-electron chi connectivity index (χ4n) is 2.80. The number of alkyl halides is 3. The molecule has 3 aromatic rings. The molecule has 0 atom stereocenters. The van der Waals surface area contributed by atoms with Gasteiger partial charge in [-0.3, -0.25) is 0 Å². The third kappa shape index (κ3) is 3.42. The lowest BCUT2D eigenvalue weighted by Gasteiger charge is -2.12. The molecule has 3 rings (SSSR count). The highest BCUT2D eigenvalue weighted by atomic mass is 19.4. The fourth-order valence-corrected chi connectivity index (χ4v) is 2.80. The third-order valence-corrected chi connectivity index (χ3v) is 4.09. The molecule has 0 aliphatic rings. The molecule has 24 heavy (non-hydrogen) atoms. The van der Waals surface area contributed by atoms with Crippen LogP contribution >= 0.6 is 0 Å². The second-order valence-corrected chi connectivity index (χ2v) is 5.87. The minimum Gasteiger partial charge on any atom is -0.248 e. The number of nitrogens with zero attached hydrogens (tertiary/aromatic N) is 1. The van der Waals surface area contributed by atoms with E-state index in [-0.39, 0.29) is 0 Å². The van der Waals surface area contributed by atoms with Gasteiger partial charge < -0.3 is 0 Å². The number of benzene rings is 2. The van der Waals surface area contributed by atoms with Crippen molar-refractivity contribution in [3.8, 4) is 11.3 Å². The Kier molecular flexibility index (Phi) is 4.56. The molecule has 0 bridgehead atoms.